The predicted molar refractivity (Wildman–Crippen MR) is 103 cm³/mol. The third kappa shape index (κ3) is 3.08. The van der Waals surface area contributed by atoms with Gasteiger partial charge in [0.2, 0.25) is 0 Å². The molecule has 2 aliphatic rings. The number of Topliss-reactive ketones (excluding diaryl/α,β-unsaturated/α-hetero) is 1. The topological polar surface area (TPSA) is 82.6 Å². The third-order valence-electron chi connectivity index (χ3n) is 5.20. The van der Waals surface area contributed by atoms with Gasteiger partial charge in [0.1, 0.15) is 11.6 Å². The number of methoxy groups -OCH3 is 1. The zero-order chi connectivity index (χ0) is 19.9. The van der Waals surface area contributed by atoms with Crippen LogP contribution >= 0.6 is 0 Å². The number of para-hydroxylation sites is 1. The first kappa shape index (κ1) is 19.0. The van der Waals surface area contributed by atoms with Gasteiger partial charge in [0.05, 0.1) is 24.7 Å². The van der Waals surface area contributed by atoms with E-state index in [4.69, 9.17) is 10.5 Å². The second-order valence-electron chi connectivity index (χ2n) is 8.05. The van der Waals surface area contributed by atoms with E-state index in [1.54, 1.807) is 12.1 Å². The van der Waals surface area contributed by atoms with E-state index in [2.05, 4.69) is 19.9 Å². The van der Waals surface area contributed by atoms with Crippen LogP contribution in [-0.4, -0.2) is 37.0 Å². The van der Waals surface area contributed by atoms with Gasteiger partial charge in [0, 0.05) is 37.3 Å². The van der Waals surface area contributed by atoms with E-state index < -0.39 is 5.92 Å². The Balaban J connectivity index is 2.32. The second-order valence-corrected chi connectivity index (χ2v) is 8.05. The number of nitrogens with two attached hydrogens (primary N) is 1. The Morgan fingerprint density at radius 2 is 1.96 bits per heavy atom. The van der Waals surface area contributed by atoms with Crippen molar-refractivity contribution in [2.75, 3.05) is 21.2 Å². The van der Waals surface area contributed by atoms with Gasteiger partial charge in [-0.15, -0.1) is 0 Å². The lowest BCUT2D eigenvalue weighted by Gasteiger charge is -2.45. The van der Waals surface area contributed by atoms with Crippen molar-refractivity contribution in [3.63, 3.8) is 0 Å². The van der Waals surface area contributed by atoms with Crippen LogP contribution in [0.15, 0.2) is 46.9 Å². The first-order chi connectivity index (χ1) is 12.7. The van der Waals surface area contributed by atoms with Crippen LogP contribution in [0.3, 0.4) is 0 Å². The number of allylic oxidation sites excluding steroid dienone is 3. The van der Waals surface area contributed by atoms with Gasteiger partial charge in [0.25, 0.3) is 0 Å². The molecule has 6 heteroatoms. The number of carbonyl (C=O) groups is 1. The zero-order valence-electron chi connectivity index (χ0n) is 16.5. The van der Waals surface area contributed by atoms with Gasteiger partial charge in [-0.25, -0.2) is 5.01 Å². The summed E-state index contributed by atoms with van der Waals surface area (Å²) in [5.74, 6) is 0.554. The molecule has 2 N–H and O–H groups in total. The molecule has 1 aromatic rings. The maximum absolute atomic E-state index is 13.2. The minimum absolute atomic E-state index is 0.0595. The van der Waals surface area contributed by atoms with Gasteiger partial charge in [-0.1, -0.05) is 32.0 Å². The Kier molecular flexibility index (Phi) is 4.75. The number of nitrogens with zero attached hydrogens (tertiary/aromatic N) is 3. The number of hydrogen-bond donors (Lipinski definition) is 1. The molecule has 0 saturated carbocycles. The number of ketones is 1. The highest BCUT2D eigenvalue weighted by Crippen LogP contribution is 2.50. The first-order valence-electron chi connectivity index (χ1n) is 8.98. The lowest BCUT2D eigenvalue weighted by atomic mass is 9.69. The summed E-state index contributed by atoms with van der Waals surface area (Å²) >= 11 is 0. The van der Waals surface area contributed by atoms with Crippen LogP contribution in [0.1, 0.15) is 38.2 Å². The van der Waals surface area contributed by atoms with Crippen molar-refractivity contribution in [2.24, 2.45) is 11.1 Å². The Morgan fingerprint density at radius 1 is 1.30 bits per heavy atom. The second kappa shape index (κ2) is 6.75. The molecule has 1 atom stereocenters. The summed E-state index contributed by atoms with van der Waals surface area (Å²) in [4.78, 5) is 13.2. The molecule has 0 radical (unpaired) electrons. The van der Waals surface area contributed by atoms with Crippen molar-refractivity contribution in [1.29, 1.82) is 5.26 Å². The summed E-state index contributed by atoms with van der Waals surface area (Å²) in [6.45, 7) is 4.17. The summed E-state index contributed by atoms with van der Waals surface area (Å²) in [5.41, 5.74) is 8.97. The molecule has 0 unspecified atom stereocenters. The standard InChI is InChI=1S/C21H26N4O2/c1-21(2)10-15-19(16(26)11-21)18(13-8-6-7-9-17(13)27-5)14(12-22)20(23)25(15)24(3)4/h6-9,18H,10-11,23H2,1-5H3/t18-/m1/s1. The summed E-state index contributed by atoms with van der Waals surface area (Å²) in [5, 5.41) is 13.6. The third-order valence-corrected chi connectivity index (χ3v) is 5.20. The first-order valence-corrected chi connectivity index (χ1v) is 8.98. The van der Waals surface area contributed by atoms with Gasteiger partial charge in [-0.05, 0) is 17.9 Å². The largest absolute Gasteiger partial charge is 0.496 e. The minimum atomic E-state index is -0.513. The molecule has 0 amide bonds. The molecular formula is C21H26N4O2. The summed E-state index contributed by atoms with van der Waals surface area (Å²) < 4.78 is 5.53. The van der Waals surface area contributed by atoms with E-state index in [1.807, 2.05) is 43.4 Å². The normalized spacial score (nSPS) is 22.0. The van der Waals surface area contributed by atoms with Crippen molar-refractivity contribution in [1.82, 2.24) is 10.0 Å². The molecule has 3 rings (SSSR count). The monoisotopic (exact) mass is 366 g/mol. The number of nitriles is 1. The Bertz CT molecular complexity index is 890. The predicted octanol–water partition coefficient (Wildman–Crippen LogP) is 2.91. The molecule has 6 nitrogen and oxygen atoms in total. The number of rotatable bonds is 3. The van der Waals surface area contributed by atoms with Crippen LogP contribution in [0.5, 0.6) is 5.75 Å². The summed E-state index contributed by atoms with van der Waals surface area (Å²) in [7, 11) is 5.32. The van der Waals surface area contributed by atoms with Gasteiger partial charge < -0.3 is 10.5 Å². The number of ether oxygens (including phenoxy) is 1. The van der Waals surface area contributed by atoms with E-state index in [0.29, 0.717) is 35.6 Å². The average Bonchev–Trinajstić information content (AvgIpc) is 2.59. The molecule has 1 aliphatic carbocycles. The quantitative estimate of drug-likeness (QED) is 0.886. The molecule has 1 aromatic carbocycles. The molecule has 142 valence electrons. The highest BCUT2D eigenvalue weighted by atomic mass is 16.5. The van der Waals surface area contributed by atoms with Crippen LogP contribution in [-0.2, 0) is 4.79 Å². The van der Waals surface area contributed by atoms with Crippen molar-refractivity contribution in [3.8, 4) is 11.8 Å². The van der Waals surface area contributed by atoms with Crippen LogP contribution < -0.4 is 10.5 Å². The van der Waals surface area contributed by atoms with Gasteiger partial charge in [-0.2, -0.15) is 5.26 Å². The molecule has 1 heterocycles. The smallest absolute Gasteiger partial charge is 0.162 e. The van der Waals surface area contributed by atoms with E-state index in [9.17, 15) is 10.1 Å². The maximum atomic E-state index is 13.2. The number of hydrazine groups is 1. The fraction of sp³-hybridized carbons (Fsp3) is 0.429. The fourth-order valence-corrected chi connectivity index (χ4v) is 4.16. The maximum Gasteiger partial charge on any atom is 0.162 e. The van der Waals surface area contributed by atoms with Crippen molar-refractivity contribution < 1.29 is 9.53 Å². The molecule has 0 aromatic heterocycles. The zero-order valence-corrected chi connectivity index (χ0v) is 16.5. The van der Waals surface area contributed by atoms with Crippen molar-refractivity contribution in [2.45, 2.75) is 32.6 Å². The average molecular weight is 366 g/mol. The number of hydrogen-bond acceptors (Lipinski definition) is 6. The molecule has 1 aliphatic heterocycles. The SMILES string of the molecule is COc1ccccc1[C@@H]1C(C#N)=C(N)N(N(C)C)C2=C1C(=O)CC(C)(C)C2. The Morgan fingerprint density at radius 3 is 2.56 bits per heavy atom. The number of benzene rings is 1. The Labute approximate surface area is 160 Å². The summed E-state index contributed by atoms with van der Waals surface area (Å²) in [6, 6.07) is 9.76. The van der Waals surface area contributed by atoms with Crippen LogP contribution in [0, 0.1) is 16.7 Å². The molecular weight excluding hydrogens is 340 g/mol. The van der Waals surface area contributed by atoms with Crippen LogP contribution in [0.2, 0.25) is 0 Å². The van der Waals surface area contributed by atoms with Crippen LogP contribution in [0.25, 0.3) is 0 Å². The van der Waals surface area contributed by atoms with Crippen LogP contribution in [0.4, 0.5) is 0 Å². The lowest BCUT2D eigenvalue weighted by molar-refractivity contribution is -0.119. The van der Waals surface area contributed by atoms with E-state index in [1.165, 1.54) is 0 Å². The lowest BCUT2D eigenvalue weighted by Crippen LogP contribution is -2.47. The molecule has 0 spiro atoms. The Hall–Kier alpha value is -2.78. The van der Waals surface area contributed by atoms with Gasteiger partial charge >= 0.3 is 0 Å². The van der Waals surface area contributed by atoms with Crippen molar-refractivity contribution >= 4 is 5.78 Å². The highest BCUT2D eigenvalue weighted by Gasteiger charge is 2.45. The molecule has 0 bridgehead atoms. The summed E-state index contributed by atoms with van der Waals surface area (Å²) in [6.07, 6.45) is 1.15. The number of carbonyl (C=O) groups excluding carboxylic acids is 1. The molecule has 0 fully saturated rings. The highest BCUT2D eigenvalue weighted by molar-refractivity contribution is 6.00. The van der Waals surface area contributed by atoms with E-state index in [0.717, 1.165) is 11.3 Å². The van der Waals surface area contributed by atoms with E-state index >= 15 is 0 Å². The molecule has 0 saturated heterocycles. The van der Waals surface area contributed by atoms with Gasteiger partial charge in [0.15, 0.2) is 5.78 Å². The molecule has 27 heavy (non-hydrogen) atoms. The minimum Gasteiger partial charge on any atom is -0.496 e. The van der Waals surface area contributed by atoms with E-state index in [-0.39, 0.29) is 11.2 Å². The van der Waals surface area contributed by atoms with Gasteiger partial charge in [-0.3, -0.25) is 9.80 Å². The van der Waals surface area contributed by atoms with Crippen molar-refractivity contribution in [3.05, 3.63) is 52.5 Å². The fourth-order valence-electron chi connectivity index (χ4n) is 4.16.